The quantitative estimate of drug-likeness (QED) is 0.431. The van der Waals surface area contributed by atoms with Crippen molar-refractivity contribution in [1.29, 1.82) is 0 Å². The lowest BCUT2D eigenvalue weighted by molar-refractivity contribution is -0.140. The Bertz CT molecular complexity index is 1000. The fraction of sp³-hybridized carbons (Fsp3) is 0.360. The zero-order chi connectivity index (χ0) is 22.8. The van der Waals surface area contributed by atoms with Gasteiger partial charge in [-0.25, -0.2) is 0 Å². The van der Waals surface area contributed by atoms with Gasteiger partial charge in [-0.05, 0) is 28.7 Å². The van der Waals surface area contributed by atoms with Crippen LogP contribution in [0.25, 0.3) is 5.76 Å². The summed E-state index contributed by atoms with van der Waals surface area (Å²) in [5, 5.41) is 11.1. The summed E-state index contributed by atoms with van der Waals surface area (Å²) in [6.45, 7) is 6.88. The molecule has 1 unspecified atom stereocenters. The lowest BCUT2D eigenvalue weighted by Gasteiger charge is -2.26. The van der Waals surface area contributed by atoms with Gasteiger partial charge in [0.15, 0.2) is 0 Å². The molecule has 1 aliphatic heterocycles. The van der Waals surface area contributed by atoms with Crippen LogP contribution in [0.15, 0.2) is 54.1 Å². The summed E-state index contributed by atoms with van der Waals surface area (Å²) in [6.07, 6.45) is 0. The summed E-state index contributed by atoms with van der Waals surface area (Å²) in [6, 6.07) is 13.9. The Morgan fingerprint density at radius 3 is 2.32 bits per heavy atom. The Labute approximate surface area is 183 Å². The van der Waals surface area contributed by atoms with Gasteiger partial charge >= 0.3 is 0 Å². The van der Waals surface area contributed by atoms with Crippen molar-refractivity contribution < 1.29 is 24.2 Å². The molecule has 1 aliphatic rings. The van der Waals surface area contributed by atoms with Crippen molar-refractivity contribution in [2.75, 3.05) is 27.4 Å². The number of carbonyl (C=O) groups is 2. The molecule has 6 heteroatoms. The summed E-state index contributed by atoms with van der Waals surface area (Å²) in [4.78, 5) is 27.3. The number of hydrogen-bond donors (Lipinski definition) is 1. The van der Waals surface area contributed by atoms with Crippen LogP contribution in [0.3, 0.4) is 0 Å². The van der Waals surface area contributed by atoms with Gasteiger partial charge in [0.2, 0.25) is 0 Å². The van der Waals surface area contributed by atoms with Gasteiger partial charge in [0.25, 0.3) is 11.7 Å². The van der Waals surface area contributed by atoms with Crippen molar-refractivity contribution in [2.24, 2.45) is 0 Å². The van der Waals surface area contributed by atoms with E-state index < -0.39 is 17.7 Å². The molecule has 31 heavy (non-hydrogen) atoms. The molecule has 164 valence electrons. The minimum Gasteiger partial charge on any atom is -0.507 e. The highest BCUT2D eigenvalue weighted by atomic mass is 16.5. The standard InChI is InChI=1S/C25H29NO5/c1-25(2,3)18-11-9-16(10-12-18)21-20(23(28)24(29)26(21)13-14-30-4)22(27)17-7-6-8-19(15-17)31-5/h6-12,15,21,27H,13-14H2,1-5H3/b22-20-. The number of ketones is 1. The van der Waals surface area contributed by atoms with Crippen molar-refractivity contribution in [3.8, 4) is 5.75 Å². The molecule has 1 N–H and O–H groups in total. The second-order valence-corrected chi connectivity index (χ2v) is 8.59. The molecule has 0 aliphatic carbocycles. The monoisotopic (exact) mass is 423 g/mol. The maximum atomic E-state index is 13.0. The smallest absolute Gasteiger partial charge is 0.295 e. The molecule has 1 fully saturated rings. The highest BCUT2D eigenvalue weighted by molar-refractivity contribution is 6.46. The number of amides is 1. The molecule has 0 bridgehead atoms. The number of Topliss-reactive ketones (excluding diaryl/α,β-unsaturated/α-hetero) is 1. The highest BCUT2D eigenvalue weighted by Gasteiger charge is 2.45. The summed E-state index contributed by atoms with van der Waals surface area (Å²) in [7, 11) is 3.07. The molecule has 0 saturated carbocycles. The average molecular weight is 424 g/mol. The van der Waals surface area contributed by atoms with Crippen LogP contribution in [0.4, 0.5) is 0 Å². The van der Waals surface area contributed by atoms with E-state index in [1.807, 2.05) is 24.3 Å². The van der Waals surface area contributed by atoms with Crippen molar-refractivity contribution >= 4 is 17.4 Å². The fourth-order valence-electron chi connectivity index (χ4n) is 3.74. The number of benzene rings is 2. The molecule has 0 aromatic heterocycles. The van der Waals surface area contributed by atoms with E-state index in [1.54, 1.807) is 31.4 Å². The number of carbonyl (C=O) groups excluding carboxylic acids is 2. The van der Waals surface area contributed by atoms with Crippen LogP contribution in [0.2, 0.25) is 0 Å². The van der Waals surface area contributed by atoms with Crippen LogP contribution in [0, 0.1) is 0 Å². The predicted octanol–water partition coefficient (Wildman–Crippen LogP) is 4.06. The van der Waals surface area contributed by atoms with E-state index in [4.69, 9.17) is 9.47 Å². The fourth-order valence-corrected chi connectivity index (χ4v) is 3.74. The average Bonchev–Trinajstić information content (AvgIpc) is 3.01. The van der Waals surface area contributed by atoms with Gasteiger partial charge in [-0.15, -0.1) is 0 Å². The third kappa shape index (κ3) is 4.49. The maximum Gasteiger partial charge on any atom is 0.295 e. The summed E-state index contributed by atoms with van der Waals surface area (Å²) in [5.74, 6) is -1.03. The third-order valence-electron chi connectivity index (χ3n) is 5.51. The number of aliphatic hydroxyl groups excluding tert-OH is 1. The number of likely N-dealkylation sites (tertiary alicyclic amines) is 1. The first-order valence-corrected chi connectivity index (χ1v) is 10.2. The van der Waals surface area contributed by atoms with E-state index in [-0.39, 0.29) is 29.9 Å². The Hall–Kier alpha value is -3.12. The van der Waals surface area contributed by atoms with Gasteiger partial charge in [0.1, 0.15) is 11.5 Å². The van der Waals surface area contributed by atoms with E-state index in [0.717, 1.165) is 11.1 Å². The Morgan fingerprint density at radius 2 is 1.74 bits per heavy atom. The SMILES string of the molecule is COCCN1C(=O)C(=O)/C(=C(\O)c2cccc(OC)c2)C1c1ccc(C(C)(C)C)cc1. The number of nitrogens with zero attached hydrogens (tertiary/aromatic N) is 1. The van der Waals surface area contributed by atoms with E-state index in [1.165, 1.54) is 12.0 Å². The Morgan fingerprint density at radius 1 is 1.06 bits per heavy atom. The molecular formula is C25H29NO5. The van der Waals surface area contributed by atoms with Gasteiger partial charge in [0, 0.05) is 19.2 Å². The second-order valence-electron chi connectivity index (χ2n) is 8.59. The van der Waals surface area contributed by atoms with Gasteiger partial charge in [-0.2, -0.15) is 0 Å². The van der Waals surface area contributed by atoms with Crippen molar-refractivity contribution in [3.63, 3.8) is 0 Å². The largest absolute Gasteiger partial charge is 0.507 e. The van der Waals surface area contributed by atoms with Crippen LogP contribution in [0.5, 0.6) is 5.75 Å². The van der Waals surface area contributed by atoms with Gasteiger partial charge in [0.05, 0.1) is 25.3 Å². The predicted molar refractivity (Wildman–Crippen MR) is 119 cm³/mol. The second kappa shape index (κ2) is 8.94. The topological polar surface area (TPSA) is 76.1 Å². The number of hydrogen-bond acceptors (Lipinski definition) is 5. The summed E-state index contributed by atoms with van der Waals surface area (Å²) < 4.78 is 10.4. The molecule has 6 nitrogen and oxygen atoms in total. The Balaban J connectivity index is 2.15. The molecule has 1 atom stereocenters. The first-order valence-electron chi connectivity index (χ1n) is 10.2. The number of ether oxygens (including phenoxy) is 2. The summed E-state index contributed by atoms with van der Waals surface area (Å²) >= 11 is 0. The van der Waals surface area contributed by atoms with E-state index in [9.17, 15) is 14.7 Å². The van der Waals surface area contributed by atoms with Crippen LogP contribution in [-0.2, 0) is 19.7 Å². The first-order chi connectivity index (χ1) is 14.7. The van der Waals surface area contributed by atoms with Gasteiger partial charge in [-0.1, -0.05) is 57.2 Å². The zero-order valence-electron chi connectivity index (χ0n) is 18.6. The molecule has 1 heterocycles. The maximum absolute atomic E-state index is 13.0. The molecule has 2 aromatic carbocycles. The molecule has 1 saturated heterocycles. The lowest BCUT2D eigenvalue weighted by Crippen LogP contribution is -2.32. The van der Waals surface area contributed by atoms with Crippen LogP contribution < -0.4 is 4.74 Å². The number of rotatable bonds is 6. The van der Waals surface area contributed by atoms with E-state index in [0.29, 0.717) is 11.3 Å². The minimum absolute atomic E-state index is 0.0308. The molecular weight excluding hydrogens is 394 g/mol. The molecule has 0 radical (unpaired) electrons. The van der Waals surface area contributed by atoms with Crippen LogP contribution >= 0.6 is 0 Å². The molecule has 2 aromatic rings. The number of aliphatic hydroxyl groups is 1. The minimum atomic E-state index is -0.707. The highest BCUT2D eigenvalue weighted by Crippen LogP contribution is 2.40. The lowest BCUT2D eigenvalue weighted by atomic mass is 9.85. The van der Waals surface area contributed by atoms with E-state index in [2.05, 4.69) is 20.8 Å². The van der Waals surface area contributed by atoms with Crippen molar-refractivity contribution in [1.82, 2.24) is 4.90 Å². The molecule has 1 amide bonds. The van der Waals surface area contributed by atoms with Crippen LogP contribution in [0.1, 0.15) is 43.5 Å². The van der Waals surface area contributed by atoms with Crippen LogP contribution in [-0.4, -0.2) is 49.1 Å². The van der Waals surface area contributed by atoms with Crippen molar-refractivity contribution in [2.45, 2.75) is 32.2 Å². The Kier molecular flexibility index (Phi) is 6.51. The normalized spacial score (nSPS) is 18.5. The zero-order valence-corrected chi connectivity index (χ0v) is 18.6. The first kappa shape index (κ1) is 22.6. The van der Waals surface area contributed by atoms with Gasteiger partial charge in [-0.3, -0.25) is 9.59 Å². The van der Waals surface area contributed by atoms with Crippen molar-refractivity contribution in [3.05, 3.63) is 70.8 Å². The third-order valence-corrected chi connectivity index (χ3v) is 5.51. The molecule has 3 rings (SSSR count). The van der Waals surface area contributed by atoms with Gasteiger partial charge < -0.3 is 19.5 Å². The molecule has 0 spiro atoms. The van der Waals surface area contributed by atoms with E-state index >= 15 is 0 Å². The summed E-state index contributed by atoms with van der Waals surface area (Å²) in [5.41, 5.74) is 2.35. The number of methoxy groups -OCH3 is 2.